The molecule has 0 spiro atoms. The summed E-state index contributed by atoms with van der Waals surface area (Å²) in [5.41, 5.74) is 3.95. The lowest BCUT2D eigenvalue weighted by atomic mass is 10.1. The van der Waals surface area contributed by atoms with E-state index in [1.54, 1.807) is 6.07 Å². The zero-order valence-corrected chi connectivity index (χ0v) is 16.2. The van der Waals surface area contributed by atoms with Crippen molar-refractivity contribution < 1.29 is 9.53 Å². The SMILES string of the molecule is CCOc1ccc(-c2ccc(=O)n(CC(=O)Nc3cccc(C)c3C)n2)cc1. The molecule has 6 nitrogen and oxygen atoms in total. The van der Waals surface area contributed by atoms with Crippen molar-refractivity contribution in [3.8, 4) is 17.0 Å². The van der Waals surface area contributed by atoms with Gasteiger partial charge in [0.1, 0.15) is 12.3 Å². The Bertz CT molecular complexity index is 1040. The van der Waals surface area contributed by atoms with Gasteiger partial charge in [-0.25, -0.2) is 4.68 Å². The van der Waals surface area contributed by atoms with Gasteiger partial charge in [0.25, 0.3) is 5.56 Å². The molecule has 0 fully saturated rings. The lowest BCUT2D eigenvalue weighted by molar-refractivity contribution is -0.117. The van der Waals surface area contributed by atoms with Crippen LogP contribution in [-0.2, 0) is 11.3 Å². The first kappa shape index (κ1) is 19.4. The topological polar surface area (TPSA) is 73.2 Å². The molecule has 1 aromatic heterocycles. The van der Waals surface area contributed by atoms with Crippen molar-refractivity contribution in [2.75, 3.05) is 11.9 Å². The monoisotopic (exact) mass is 377 g/mol. The zero-order valence-electron chi connectivity index (χ0n) is 16.2. The number of ether oxygens (including phenoxy) is 1. The summed E-state index contributed by atoms with van der Waals surface area (Å²) in [6, 6.07) is 16.2. The van der Waals surface area contributed by atoms with E-state index in [1.807, 2.05) is 63.2 Å². The summed E-state index contributed by atoms with van der Waals surface area (Å²) >= 11 is 0. The number of aromatic nitrogens is 2. The van der Waals surface area contributed by atoms with Gasteiger partial charge in [0.2, 0.25) is 5.91 Å². The largest absolute Gasteiger partial charge is 0.494 e. The molecule has 2 aromatic carbocycles. The third-order valence-corrected chi connectivity index (χ3v) is 4.50. The van der Waals surface area contributed by atoms with Gasteiger partial charge in [-0.3, -0.25) is 9.59 Å². The first-order valence-corrected chi connectivity index (χ1v) is 9.15. The van der Waals surface area contributed by atoms with Crippen LogP contribution < -0.4 is 15.6 Å². The number of rotatable bonds is 6. The molecule has 28 heavy (non-hydrogen) atoms. The molecule has 144 valence electrons. The molecule has 3 rings (SSSR count). The Labute approximate surface area is 163 Å². The summed E-state index contributed by atoms with van der Waals surface area (Å²) in [4.78, 5) is 24.6. The Balaban J connectivity index is 1.78. The third-order valence-electron chi connectivity index (χ3n) is 4.50. The minimum Gasteiger partial charge on any atom is -0.494 e. The van der Waals surface area contributed by atoms with E-state index in [2.05, 4.69) is 10.4 Å². The van der Waals surface area contributed by atoms with Crippen LogP contribution in [0.25, 0.3) is 11.3 Å². The lowest BCUT2D eigenvalue weighted by Crippen LogP contribution is -2.29. The molecule has 1 heterocycles. The maximum absolute atomic E-state index is 12.4. The molecule has 0 aliphatic rings. The summed E-state index contributed by atoms with van der Waals surface area (Å²) in [6.45, 7) is 6.29. The van der Waals surface area contributed by atoms with Crippen molar-refractivity contribution in [2.24, 2.45) is 0 Å². The van der Waals surface area contributed by atoms with Gasteiger partial charge in [0.15, 0.2) is 0 Å². The second kappa shape index (κ2) is 8.52. The molecule has 0 aliphatic carbocycles. The van der Waals surface area contributed by atoms with Gasteiger partial charge in [0, 0.05) is 17.3 Å². The average Bonchev–Trinajstić information content (AvgIpc) is 2.68. The van der Waals surface area contributed by atoms with E-state index in [9.17, 15) is 9.59 Å². The van der Waals surface area contributed by atoms with Crippen molar-refractivity contribution in [3.05, 3.63) is 76.1 Å². The quantitative estimate of drug-likeness (QED) is 0.713. The summed E-state index contributed by atoms with van der Waals surface area (Å²) in [6.07, 6.45) is 0. The number of benzene rings is 2. The van der Waals surface area contributed by atoms with Gasteiger partial charge >= 0.3 is 0 Å². The van der Waals surface area contributed by atoms with Gasteiger partial charge in [-0.1, -0.05) is 12.1 Å². The molecule has 0 unspecified atom stereocenters. The Morgan fingerprint density at radius 3 is 2.54 bits per heavy atom. The number of hydrogen-bond acceptors (Lipinski definition) is 4. The molecule has 1 N–H and O–H groups in total. The normalized spacial score (nSPS) is 10.5. The molecule has 0 saturated heterocycles. The Morgan fingerprint density at radius 2 is 1.82 bits per heavy atom. The van der Waals surface area contributed by atoms with Gasteiger partial charge in [-0.2, -0.15) is 5.10 Å². The maximum Gasteiger partial charge on any atom is 0.267 e. The Kier molecular flexibility index (Phi) is 5.89. The van der Waals surface area contributed by atoms with Gasteiger partial charge < -0.3 is 10.1 Å². The molecule has 0 bridgehead atoms. The van der Waals surface area contributed by atoms with Crippen molar-refractivity contribution in [1.29, 1.82) is 0 Å². The standard InChI is InChI=1S/C22H23N3O3/c1-4-28-18-10-8-17(9-11-18)20-12-13-22(27)25(24-20)14-21(26)23-19-7-5-6-15(2)16(19)3/h5-13H,4,14H2,1-3H3,(H,23,26). The molecule has 0 saturated carbocycles. The predicted octanol–water partition coefficient (Wildman–Crippen LogP) is 3.56. The van der Waals surface area contributed by atoms with E-state index < -0.39 is 0 Å². The van der Waals surface area contributed by atoms with E-state index in [1.165, 1.54) is 10.7 Å². The van der Waals surface area contributed by atoms with E-state index in [-0.39, 0.29) is 18.0 Å². The highest BCUT2D eigenvalue weighted by molar-refractivity contribution is 5.91. The van der Waals surface area contributed by atoms with E-state index in [0.717, 1.165) is 28.1 Å². The van der Waals surface area contributed by atoms with Crippen LogP contribution in [0.1, 0.15) is 18.1 Å². The smallest absolute Gasteiger partial charge is 0.267 e. The fraction of sp³-hybridized carbons (Fsp3) is 0.227. The molecule has 0 aliphatic heterocycles. The van der Waals surface area contributed by atoms with Crippen LogP contribution in [-0.4, -0.2) is 22.3 Å². The van der Waals surface area contributed by atoms with Crippen molar-refractivity contribution in [3.63, 3.8) is 0 Å². The zero-order chi connectivity index (χ0) is 20.1. The second-order valence-corrected chi connectivity index (χ2v) is 6.47. The highest BCUT2D eigenvalue weighted by atomic mass is 16.5. The minimum absolute atomic E-state index is 0.156. The van der Waals surface area contributed by atoms with Crippen molar-refractivity contribution in [1.82, 2.24) is 9.78 Å². The first-order chi connectivity index (χ1) is 13.5. The first-order valence-electron chi connectivity index (χ1n) is 9.15. The molecule has 3 aromatic rings. The Hall–Kier alpha value is -3.41. The van der Waals surface area contributed by atoms with Crippen LogP contribution in [0.2, 0.25) is 0 Å². The molecule has 0 radical (unpaired) electrons. The molecule has 6 heteroatoms. The van der Waals surface area contributed by atoms with Crippen LogP contribution in [0.3, 0.4) is 0 Å². The number of hydrogen-bond donors (Lipinski definition) is 1. The van der Waals surface area contributed by atoms with E-state index in [4.69, 9.17) is 4.74 Å². The summed E-state index contributed by atoms with van der Waals surface area (Å²) in [5.74, 6) is 0.472. The number of nitrogens with one attached hydrogen (secondary N) is 1. The summed E-state index contributed by atoms with van der Waals surface area (Å²) in [5, 5.41) is 7.19. The van der Waals surface area contributed by atoms with Crippen LogP contribution in [0.5, 0.6) is 5.75 Å². The Morgan fingerprint density at radius 1 is 1.07 bits per heavy atom. The van der Waals surface area contributed by atoms with Gasteiger partial charge in [0.05, 0.1) is 12.3 Å². The molecule has 1 amide bonds. The van der Waals surface area contributed by atoms with Gasteiger partial charge in [-0.15, -0.1) is 0 Å². The minimum atomic E-state index is -0.328. The number of carbonyl (C=O) groups is 1. The third kappa shape index (κ3) is 4.46. The van der Waals surface area contributed by atoms with Crippen LogP contribution in [0.15, 0.2) is 59.4 Å². The summed E-state index contributed by atoms with van der Waals surface area (Å²) in [7, 11) is 0. The predicted molar refractivity (Wildman–Crippen MR) is 110 cm³/mol. The van der Waals surface area contributed by atoms with E-state index >= 15 is 0 Å². The lowest BCUT2D eigenvalue weighted by Gasteiger charge is -2.11. The number of nitrogens with zero attached hydrogens (tertiary/aromatic N) is 2. The highest BCUT2D eigenvalue weighted by Crippen LogP contribution is 2.20. The van der Waals surface area contributed by atoms with Crippen LogP contribution >= 0.6 is 0 Å². The molecular weight excluding hydrogens is 354 g/mol. The van der Waals surface area contributed by atoms with E-state index in [0.29, 0.717) is 12.3 Å². The number of carbonyl (C=O) groups excluding carboxylic acids is 1. The molecular formula is C22H23N3O3. The maximum atomic E-state index is 12.4. The van der Waals surface area contributed by atoms with Crippen LogP contribution in [0, 0.1) is 13.8 Å². The average molecular weight is 377 g/mol. The van der Waals surface area contributed by atoms with Crippen LogP contribution in [0.4, 0.5) is 5.69 Å². The molecule has 0 atom stereocenters. The summed E-state index contributed by atoms with van der Waals surface area (Å²) < 4.78 is 6.61. The van der Waals surface area contributed by atoms with Crippen molar-refractivity contribution >= 4 is 11.6 Å². The number of anilines is 1. The van der Waals surface area contributed by atoms with Gasteiger partial charge in [-0.05, 0) is 68.3 Å². The number of aryl methyl sites for hydroxylation is 1. The van der Waals surface area contributed by atoms with Crippen molar-refractivity contribution in [2.45, 2.75) is 27.3 Å². The number of amides is 1. The highest BCUT2D eigenvalue weighted by Gasteiger charge is 2.10. The fourth-order valence-electron chi connectivity index (χ4n) is 2.82. The second-order valence-electron chi connectivity index (χ2n) is 6.47. The fourth-order valence-corrected chi connectivity index (χ4v) is 2.82.